The van der Waals surface area contributed by atoms with E-state index in [1.54, 1.807) is 4.90 Å². The third-order valence-electron chi connectivity index (χ3n) is 4.44. The van der Waals surface area contributed by atoms with Crippen LogP contribution in [0.15, 0.2) is 41.9 Å². The molecule has 0 radical (unpaired) electrons. The van der Waals surface area contributed by atoms with Gasteiger partial charge in [0.2, 0.25) is 5.95 Å². The maximum atomic E-state index is 14.2. The van der Waals surface area contributed by atoms with E-state index in [2.05, 4.69) is 27.9 Å². The van der Waals surface area contributed by atoms with Crippen molar-refractivity contribution in [3.05, 3.63) is 80.8 Å². The summed E-state index contributed by atoms with van der Waals surface area (Å²) in [6, 6.07) is 9.48. The van der Waals surface area contributed by atoms with Crippen molar-refractivity contribution in [1.82, 2.24) is 14.9 Å². The summed E-state index contributed by atoms with van der Waals surface area (Å²) in [5, 5.41) is 2.79. The second-order valence-corrected chi connectivity index (χ2v) is 7.37. The molecule has 134 valence electrons. The predicted octanol–water partition coefficient (Wildman–Crippen LogP) is 3.58. The molecule has 1 aliphatic rings. The van der Waals surface area contributed by atoms with Gasteiger partial charge in [0.05, 0.1) is 10.6 Å². The van der Waals surface area contributed by atoms with Crippen LogP contribution < -0.4 is 0 Å². The number of thiazole rings is 1. The normalized spacial score (nSPS) is 12.9. The average molecular weight is 377 g/mol. The van der Waals surface area contributed by atoms with Crippen LogP contribution in [-0.4, -0.2) is 27.3 Å². The highest BCUT2D eigenvalue weighted by Crippen LogP contribution is 2.21. The second-order valence-electron chi connectivity index (χ2n) is 6.31. The molecular formula is C21H16FN3OS. The Bertz CT molecular complexity index is 1080. The summed E-state index contributed by atoms with van der Waals surface area (Å²) in [5.74, 6) is 4.70. The van der Waals surface area contributed by atoms with Crippen LogP contribution in [-0.2, 0) is 13.0 Å². The standard InChI is InChI=1S/C21H16FN3OS/c1-14-24-18(13-27-14)7-6-15-10-19(20(22)23-11-15)21(26)25-9-8-16-4-2-3-5-17(16)12-25/h2-5,10-11,13H,8-9,12H2,1H3. The number of halogens is 1. The number of pyridine rings is 1. The minimum atomic E-state index is -0.770. The molecule has 27 heavy (non-hydrogen) atoms. The molecule has 0 unspecified atom stereocenters. The molecular weight excluding hydrogens is 361 g/mol. The molecule has 0 spiro atoms. The van der Waals surface area contributed by atoms with Crippen molar-refractivity contribution < 1.29 is 9.18 Å². The van der Waals surface area contributed by atoms with Gasteiger partial charge in [0.25, 0.3) is 5.91 Å². The topological polar surface area (TPSA) is 46.1 Å². The van der Waals surface area contributed by atoms with Gasteiger partial charge in [0, 0.05) is 30.2 Å². The number of nitrogens with zero attached hydrogens (tertiary/aromatic N) is 3. The Labute approximate surface area is 160 Å². The zero-order valence-corrected chi connectivity index (χ0v) is 15.5. The van der Waals surface area contributed by atoms with Crippen LogP contribution in [0, 0.1) is 24.7 Å². The van der Waals surface area contributed by atoms with Crippen LogP contribution in [0.1, 0.15) is 37.7 Å². The van der Waals surface area contributed by atoms with Gasteiger partial charge in [0.15, 0.2) is 0 Å². The molecule has 1 aliphatic heterocycles. The van der Waals surface area contributed by atoms with Crippen molar-refractivity contribution in [2.45, 2.75) is 19.9 Å². The lowest BCUT2D eigenvalue weighted by Crippen LogP contribution is -2.36. The number of hydrogen-bond acceptors (Lipinski definition) is 4. The van der Waals surface area contributed by atoms with Crippen LogP contribution in [0.2, 0.25) is 0 Å². The van der Waals surface area contributed by atoms with Crippen molar-refractivity contribution in [3.8, 4) is 11.8 Å². The fraction of sp³-hybridized carbons (Fsp3) is 0.190. The Morgan fingerprint density at radius 2 is 2.07 bits per heavy atom. The van der Waals surface area contributed by atoms with Gasteiger partial charge in [-0.15, -0.1) is 11.3 Å². The van der Waals surface area contributed by atoms with Crippen molar-refractivity contribution in [3.63, 3.8) is 0 Å². The lowest BCUT2D eigenvalue weighted by molar-refractivity contribution is 0.0729. The highest BCUT2D eigenvalue weighted by atomic mass is 32.1. The van der Waals surface area contributed by atoms with E-state index >= 15 is 0 Å². The first kappa shape index (κ1) is 17.4. The maximum Gasteiger partial charge on any atom is 0.258 e. The molecule has 0 saturated heterocycles. The van der Waals surface area contributed by atoms with Gasteiger partial charge in [0.1, 0.15) is 5.69 Å². The van der Waals surface area contributed by atoms with Crippen LogP contribution in [0.3, 0.4) is 0 Å². The molecule has 0 bridgehead atoms. The molecule has 4 nitrogen and oxygen atoms in total. The fourth-order valence-corrected chi connectivity index (χ4v) is 3.61. The van der Waals surface area contributed by atoms with Crippen LogP contribution >= 0.6 is 11.3 Å². The predicted molar refractivity (Wildman–Crippen MR) is 102 cm³/mol. The Morgan fingerprint density at radius 3 is 2.85 bits per heavy atom. The van der Waals surface area contributed by atoms with E-state index in [1.807, 2.05) is 30.5 Å². The highest BCUT2D eigenvalue weighted by Gasteiger charge is 2.24. The molecule has 0 N–H and O–H groups in total. The first-order valence-electron chi connectivity index (χ1n) is 8.56. The van der Waals surface area contributed by atoms with Gasteiger partial charge in [-0.05, 0) is 36.5 Å². The highest BCUT2D eigenvalue weighted by molar-refractivity contribution is 7.09. The first-order chi connectivity index (χ1) is 13.1. The lowest BCUT2D eigenvalue weighted by Gasteiger charge is -2.28. The van der Waals surface area contributed by atoms with E-state index in [-0.39, 0.29) is 11.5 Å². The minimum absolute atomic E-state index is 0.0457. The average Bonchev–Trinajstić information content (AvgIpc) is 3.11. The smallest absolute Gasteiger partial charge is 0.258 e. The van der Waals surface area contributed by atoms with Gasteiger partial charge < -0.3 is 4.90 Å². The summed E-state index contributed by atoms with van der Waals surface area (Å²) in [5.41, 5.74) is 3.43. The van der Waals surface area contributed by atoms with E-state index in [4.69, 9.17) is 0 Å². The van der Waals surface area contributed by atoms with Crippen molar-refractivity contribution in [2.24, 2.45) is 0 Å². The van der Waals surface area contributed by atoms with Crippen LogP contribution in [0.4, 0.5) is 4.39 Å². The number of carbonyl (C=O) groups is 1. The molecule has 1 amide bonds. The van der Waals surface area contributed by atoms with Crippen molar-refractivity contribution >= 4 is 17.2 Å². The summed E-state index contributed by atoms with van der Waals surface area (Å²) >= 11 is 1.51. The van der Waals surface area contributed by atoms with Gasteiger partial charge in [-0.25, -0.2) is 9.97 Å². The summed E-state index contributed by atoms with van der Waals surface area (Å²) < 4.78 is 14.2. The summed E-state index contributed by atoms with van der Waals surface area (Å²) in [6.45, 7) is 2.94. The van der Waals surface area contributed by atoms with E-state index < -0.39 is 5.95 Å². The number of benzene rings is 1. The molecule has 3 aromatic rings. The third kappa shape index (κ3) is 3.74. The van der Waals surface area contributed by atoms with Gasteiger partial charge in [-0.2, -0.15) is 4.39 Å². The number of aromatic nitrogens is 2. The Hall–Kier alpha value is -3.04. The van der Waals surface area contributed by atoms with Gasteiger partial charge in [-0.3, -0.25) is 4.79 Å². The molecule has 3 heterocycles. The van der Waals surface area contributed by atoms with E-state index in [0.717, 1.165) is 17.0 Å². The van der Waals surface area contributed by atoms with E-state index in [9.17, 15) is 9.18 Å². The van der Waals surface area contributed by atoms with Gasteiger partial charge in [-0.1, -0.05) is 30.2 Å². The molecule has 0 aliphatic carbocycles. The Balaban J connectivity index is 1.58. The fourth-order valence-electron chi connectivity index (χ4n) is 3.06. The zero-order chi connectivity index (χ0) is 18.8. The molecule has 0 fully saturated rings. The van der Waals surface area contributed by atoms with Crippen LogP contribution in [0.25, 0.3) is 0 Å². The number of fused-ring (bicyclic) bond motifs is 1. The van der Waals surface area contributed by atoms with Gasteiger partial charge >= 0.3 is 0 Å². The van der Waals surface area contributed by atoms with E-state index in [1.165, 1.54) is 29.2 Å². The molecule has 1 aromatic carbocycles. The number of hydrogen-bond donors (Lipinski definition) is 0. The number of amides is 1. The zero-order valence-electron chi connectivity index (χ0n) is 14.7. The number of rotatable bonds is 1. The Morgan fingerprint density at radius 1 is 1.26 bits per heavy atom. The Kier molecular flexibility index (Phi) is 4.69. The summed E-state index contributed by atoms with van der Waals surface area (Å²) in [6.07, 6.45) is 2.10. The molecule has 6 heteroatoms. The lowest BCUT2D eigenvalue weighted by atomic mass is 9.99. The number of carbonyl (C=O) groups excluding carboxylic acids is 1. The van der Waals surface area contributed by atoms with Crippen LogP contribution in [0.5, 0.6) is 0 Å². The monoisotopic (exact) mass is 377 g/mol. The molecule has 0 saturated carbocycles. The second kappa shape index (κ2) is 7.29. The SMILES string of the molecule is Cc1nc(C#Cc2cnc(F)c(C(=O)N3CCc4ccccc4C3)c2)cs1. The first-order valence-corrected chi connectivity index (χ1v) is 9.44. The number of aryl methyl sites for hydroxylation is 1. The van der Waals surface area contributed by atoms with Crippen molar-refractivity contribution in [2.75, 3.05) is 6.54 Å². The minimum Gasteiger partial charge on any atom is -0.334 e. The third-order valence-corrected chi connectivity index (χ3v) is 5.21. The molecule has 4 rings (SSSR count). The van der Waals surface area contributed by atoms with Crippen molar-refractivity contribution in [1.29, 1.82) is 0 Å². The van der Waals surface area contributed by atoms with E-state index in [0.29, 0.717) is 24.3 Å². The molecule has 0 atom stereocenters. The quantitative estimate of drug-likeness (QED) is 0.481. The summed E-state index contributed by atoms with van der Waals surface area (Å²) in [4.78, 5) is 22.5. The summed E-state index contributed by atoms with van der Waals surface area (Å²) in [7, 11) is 0. The molecule has 2 aromatic heterocycles. The maximum absolute atomic E-state index is 14.2. The largest absolute Gasteiger partial charge is 0.334 e.